The van der Waals surface area contributed by atoms with E-state index in [9.17, 15) is 0 Å². The summed E-state index contributed by atoms with van der Waals surface area (Å²) >= 11 is 0. The number of aryl methyl sites for hydroxylation is 1. The Hall–Kier alpha value is -0.760. The Labute approximate surface area is 91.0 Å². The highest BCUT2D eigenvalue weighted by Gasteiger charge is 2.33. The van der Waals surface area contributed by atoms with Gasteiger partial charge in [-0.1, -0.05) is 6.92 Å². The van der Waals surface area contributed by atoms with E-state index in [2.05, 4.69) is 18.3 Å². The predicted octanol–water partition coefficient (Wildman–Crippen LogP) is 2.90. The molecular weight excluding hydrogens is 186 g/mol. The molecule has 3 unspecified atom stereocenters. The fourth-order valence-corrected chi connectivity index (χ4v) is 2.68. The number of hydrogen-bond acceptors (Lipinski definition) is 2. The summed E-state index contributed by atoms with van der Waals surface area (Å²) in [5.41, 5.74) is 1.41. The summed E-state index contributed by atoms with van der Waals surface area (Å²) in [6.45, 7) is 3.53. The molecule has 1 saturated carbocycles. The second-order valence-electron chi connectivity index (χ2n) is 5.13. The molecule has 2 aliphatic rings. The number of fused-ring (bicyclic) bond motifs is 1. The Morgan fingerprint density at radius 1 is 1.53 bits per heavy atom. The van der Waals surface area contributed by atoms with Crippen molar-refractivity contribution in [1.29, 1.82) is 0 Å². The van der Waals surface area contributed by atoms with Gasteiger partial charge in [-0.2, -0.15) is 0 Å². The Kier molecular flexibility index (Phi) is 2.32. The Balaban J connectivity index is 1.63. The molecule has 3 rings (SSSR count). The van der Waals surface area contributed by atoms with E-state index in [1.54, 1.807) is 0 Å². The van der Waals surface area contributed by atoms with Gasteiger partial charge >= 0.3 is 0 Å². The zero-order valence-corrected chi connectivity index (χ0v) is 9.33. The number of nitrogens with one attached hydrogen (secondary N) is 1. The minimum atomic E-state index is 0.556. The summed E-state index contributed by atoms with van der Waals surface area (Å²) in [4.78, 5) is 0. The van der Waals surface area contributed by atoms with Crippen molar-refractivity contribution in [3.8, 4) is 0 Å². The minimum absolute atomic E-state index is 0.556. The summed E-state index contributed by atoms with van der Waals surface area (Å²) in [6, 6.07) is 2.70. The molecule has 15 heavy (non-hydrogen) atoms. The van der Waals surface area contributed by atoms with Gasteiger partial charge in [-0.3, -0.25) is 0 Å². The zero-order chi connectivity index (χ0) is 10.3. The maximum absolute atomic E-state index is 5.49. The molecule has 3 atom stereocenters. The van der Waals surface area contributed by atoms with Crippen molar-refractivity contribution in [3.63, 3.8) is 0 Å². The van der Waals surface area contributed by atoms with Gasteiger partial charge in [-0.15, -0.1) is 0 Å². The fourth-order valence-electron chi connectivity index (χ4n) is 2.68. The molecule has 0 radical (unpaired) electrons. The first-order valence-electron chi connectivity index (χ1n) is 6.14. The van der Waals surface area contributed by atoms with Crippen LogP contribution in [0.15, 0.2) is 16.7 Å². The maximum Gasteiger partial charge on any atom is 0.108 e. The monoisotopic (exact) mass is 205 g/mol. The lowest BCUT2D eigenvalue weighted by Crippen LogP contribution is -2.26. The molecule has 0 aliphatic heterocycles. The highest BCUT2D eigenvalue weighted by molar-refractivity contribution is 5.24. The largest absolute Gasteiger partial charge is 0.469 e. The van der Waals surface area contributed by atoms with Gasteiger partial charge in [0.05, 0.1) is 6.26 Å². The van der Waals surface area contributed by atoms with Gasteiger partial charge in [-0.25, -0.2) is 0 Å². The topological polar surface area (TPSA) is 25.2 Å². The van der Waals surface area contributed by atoms with E-state index in [0.717, 1.165) is 18.3 Å². The van der Waals surface area contributed by atoms with Crippen LogP contribution in [0.4, 0.5) is 0 Å². The molecule has 0 saturated heterocycles. The summed E-state index contributed by atoms with van der Waals surface area (Å²) in [6.07, 6.45) is 6.91. The van der Waals surface area contributed by atoms with Crippen LogP contribution in [0.5, 0.6) is 0 Å². The number of rotatable bonds is 3. The van der Waals surface area contributed by atoms with Crippen LogP contribution in [0.25, 0.3) is 0 Å². The second kappa shape index (κ2) is 3.67. The molecule has 0 spiro atoms. The van der Waals surface area contributed by atoms with Gasteiger partial charge in [0.1, 0.15) is 5.76 Å². The molecule has 1 fully saturated rings. The molecule has 0 bridgehead atoms. The van der Waals surface area contributed by atoms with E-state index in [4.69, 9.17) is 4.42 Å². The SMILES string of the molecule is CC1CC1CNC1CCCc2occc21. The highest BCUT2D eigenvalue weighted by Crippen LogP contribution is 2.38. The molecule has 1 aromatic heterocycles. The molecule has 0 aromatic carbocycles. The van der Waals surface area contributed by atoms with E-state index in [1.807, 2.05) is 6.26 Å². The molecule has 1 aromatic rings. The molecule has 0 amide bonds. The van der Waals surface area contributed by atoms with Crippen molar-refractivity contribution in [2.24, 2.45) is 11.8 Å². The summed E-state index contributed by atoms with van der Waals surface area (Å²) in [5.74, 6) is 3.09. The van der Waals surface area contributed by atoms with Crippen LogP contribution in [0, 0.1) is 11.8 Å². The summed E-state index contributed by atoms with van der Waals surface area (Å²) < 4.78 is 5.49. The van der Waals surface area contributed by atoms with Crippen molar-refractivity contribution >= 4 is 0 Å². The van der Waals surface area contributed by atoms with Crippen molar-refractivity contribution in [1.82, 2.24) is 5.32 Å². The quantitative estimate of drug-likeness (QED) is 0.820. The zero-order valence-electron chi connectivity index (χ0n) is 9.33. The lowest BCUT2D eigenvalue weighted by Gasteiger charge is -2.22. The third-order valence-electron chi connectivity index (χ3n) is 3.95. The smallest absolute Gasteiger partial charge is 0.108 e. The molecule has 82 valence electrons. The van der Waals surface area contributed by atoms with E-state index in [0.29, 0.717) is 6.04 Å². The predicted molar refractivity (Wildman–Crippen MR) is 59.7 cm³/mol. The fraction of sp³-hybridized carbons (Fsp3) is 0.692. The van der Waals surface area contributed by atoms with Gasteiger partial charge < -0.3 is 9.73 Å². The van der Waals surface area contributed by atoms with Gasteiger partial charge in [0.15, 0.2) is 0 Å². The van der Waals surface area contributed by atoms with Crippen molar-refractivity contribution < 1.29 is 4.42 Å². The third kappa shape index (κ3) is 1.83. The van der Waals surface area contributed by atoms with Crippen LogP contribution >= 0.6 is 0 Å². The van der Waals surface area contributed by atoms with Crippen LogP contribution in [0.3, 0.4) is 0 Å². The molecule has 1 heterocycles. The van der Waals surface area contributed by atoms with E-state index in [1.165, 1.54) is 37.1 Å². The molecular formula is C13H19NO. The average Bonchev–Trinajstić information content (AvgIpc) is 2.78. The van der Waals surface area contributed by atoms with E-state index >= 15 is 0 Å². The molecule has 2 heteroatoms. The van der Waals surface area contributed by atoms with Gasteiger partial charge in [0.2, 0.25) is 0 Å². The van der Waals surface area contributed by atoms with Crippen LogP contribution < -0.4 is 5.32 Å². The number of furan rings is 1. The Morgan fingerprint density at radius 2 is 2.40 bits per heavy atom. The van der Waals surface area contributed by atoms with Crippen LogP contribution in [0.1, 0.15) is 43.6 Å². The second-order valence-corrected chi connectivity index (χ2v) is 5.13. The first kappa shape index (κ1) is 9.46. The third-order valence-corrected chi connectivity index (χ3v) is 3.95. The lowest BCUT2D eigenvalue weighted by molar-refractivity contribution is 0.405. The van der Waals surface area contributed by atoms with Gasteiger partial charge in [-0.05, 0) is 43.7 Å². The standard InChI is InChI=1S/C13H19NO/c1-9-7-10(9)8-14-12-3-2-4-13-11(12)5-6-15-13/h5-6,9-10,12,14H,2-4,7-8H2,1H3. The first-order valence-corrected chi connectivity index (χ1v) is 6.14. The first-order chi connectivity index (χ1) is 7.34. The molecule has 1 N–H and O–H groups in total. The van der Waals surface area contributed by atoms with E-state index in [-0.39, 0.29) is 0 Å². The van der Waals surface area contributed by atoms with Crippen molar-refractivity contribution in [3.05, 3.63) is 23.7 Å². The van der Waals surface area contributed by atoms with Crippen LogP contribution in [0.2, 0.25) is 0 Å². The molecule has 2 aliphatic carbocycles. The summed E-state index contributed by atoms with van der Waals surface area (Å²) in [5, 5.41) is 3.70. The lowest BCUT2D eigenvalue weighted by atomic mass is 9.93. The van der Waals surface area contributed by atoms with E-state index < -0.39 is 0 Å². The van der Waals surface area contributed by atoms with Crippen molar-refractivity contribution in [2.75, 3.05) is 6.54 Å². The number of hydrogen-bond donors (Lipinski definition) is 1. The maximum atomic E-state index is 5.49. The average molecular weight is 205 g/mol. The Bertz CT molecular complexity index is 344. The van der Waals surface area contributed by atoms with Gasteiger partial charge in [0.25, 0.3) is 0 Å². The van der Waals surface area contributed by atoms with Crippen molar-refractivity contribution in [2.45, 2.75) is 38.6 Å². The summed E-state index contributed by atoms with van der Waals surface area (Å²) in [7, 11) is 0. The minimum Gasteiger partial charge on any atom is -0.469 e. The Morgan fingerprint density at radius 3 is 3.20 bits per heavy atom. The highest BCUT2D eigenvalue weighted by atomic mass is 16.3. The van der Waals surface area contributed by atoms with Crippen LogP contribution in [-0.2, 0) is 6.42 Å². The van der Waals surface area contributed by atoms with Crippen LogP contribution in [-0.4, -0.2) is 6.54 Å². The normalized spacial score (nSPS) is 33.8. The molecule has 2 nitrogen and oxygen atoms in total. The van der Waals surface area contributed by atoms with Gasteiger partial charge in [0, 0.05) is 18.0 Å².